The zero-order valence-electron chi connectivity index (χ0n) is 34.8. The van der Waals surface area contributed by atoms with Gasteiger partial charge in [-0.25, -0.2) is 0 Å². The fraction of sp³-hybridized carbons (Fsp3) is 0.714. The summed E-state index contributed by atoms with van der Waals surface area (Å²) in [6.07, 6.45) is 5.86. The van der Waals surface area contributed by atoms with Crippen LogP contribution in [0, 0.1) is 24.7 Å². The summed E-state index contributed by atoms with van der Waals surface area (Å²) in [4.78, 5) is 85.0. The summed E-state index contributed by atoms with van der Waals surface area (Å²) in [5.74, 6) is -4.67. The number of benzene rings is 1. The largest absolute Gasteiger partial charge is 0.494 e. The summed E-state index contributed by atoms with van der Waals surface area (Å²) in [5, 5.41) is 21.0. The number of likely N-dealkylation sites (N-methyl/N-ethyl adjacent to an activating group) is 1. The summed E-state index contributed by atoms with van der Waals surface area (Å²) in [6.45, 7) is 8.37. The smallest absolute Gasteiger partial charge is 0.325 e. The molecule has 5 amide bonds. The molecule has 2 aliphatic rings. The monoisotopic (exact) mass is 801 g/mol. The van der Waals surface area contributed by atoms with Gasteiger partial charge in [0.15, 0.2) is 0 Å². The number of rotatable bonds is 14. The normalized spacial score (nSPS) is 25.9. The van der Waals surface area contributed by atoms with Crippen LogP contribution in [-0.4, -0.2) is 109 Å². The molecule has 57 heavy (non-hydrogen) atoms. The van der Waals surface area contributed by atoms with E-state index in [1.807, 2.05) is 45.0 Å². The number of nitrogens with one attached hydrogen (secondary N) is 4. The topological polar surface area (TPSA) is 218 Å². The van der Waals surface area contributed by atoms with Gasteiger partial charge in [-0.3, -0.25) is 28.8 Å². The van der Waals surface area contributed by atoms with Crippen LogP contribution in [-0.2, 0) is 33.5 Å². The number of ether oxygens (including phenoxy) is 2. The highest BCUT2D eigenvalue weighted by molar-refractivity contribution is 5.96. The van der Waals surface area contributed by atoms with Crippen molar-refractivity contribution in [2.45, 2.75) is 148 Å². The molecule has 15 nitrogen and oxygen atoms in total. The average Bonchev–Trinajstić information content (AvgIpc) is 3.18. The molecule has 320 valence electrons. The van der Waals surface area contributed by atoms with Crippen LogP contribution in [0.3, 0.4) is 0 Å². The van der Waals surface area contributed by atoms with Crippen molar-refractivity contribution in [3.63, 3.8) is 0 Å². The molecule has 1 aromatic carbocycles. The number of hydrogen-bond acceptors (Lipinski definition) is 10. The van der Waals surface area contributed by atoms with Gasteiger partial charge in [0, 0.05) is 13.6 Å². The van der Waals surface area contributed by atoms with E-state index in [9.17, 15) is 33.9 Å². The SMILES string of the molecule is CCCCCC[C@H]1OC(=O)CNC(=O)[C@H](C(C)O)NC(=O)[C@H](CN)NC(=O)[C@H](C2CCCCC2)NC(=O)[C@H](CC(C)C)N(C)C(=O)[C@@H]1CCOc1ccc(C)cc1. The van der Waals surface area contributed by atoms with Gasteiger partial charge in [-0.15, -0.1) is 0 Å². The number of nitrogens with two attached hydrogens (primary N) is 1. The Morgan fingerprint density at radius 1 is 0.877 bits per heavy atom. The van der Waals surface area contributed by atoms with Crippen LogP contribution in [0.4, 0.5) is 0 Å². The quantitative estimate of drug-likeness (QED) is 0.119. The molecule has 1 saturated heterocycles. The number of aryl methyl sites for hydroxylation is 1. The Balaban J connectivity index is 2.10. The zero-order chi connectivity index (χ0) is 42.1. The van der Waals surface area contributed by atoms with E-state index in [1.54, 1.807) is 7.05 Å². The predicted molar refractivity (Wildman–Crippen MR) is 216 cm³/mol. The Morgan fingerprint density at radius 2 is 1.56 bits per heavy atom. The van der Waals surface area contributed by atoms with Crippen LogP contribution < -0.4 is 31.7 Å². The summed E-state index contributed by atoms with van der Waals surface area (Å²) >= 11 is 0. The van der Waals surface area contributed by atoms with E-state index in [2.05, 4.69) is 28.2 Å². The molecule has 1 saturated carbocycles. The molecule has 0 spiro atoms. The molecule has 2 fully saturated rings. The first kappa shape index (κ1) is 47.1. The predicted octanol–water partition coefficient (Wildman–Crippen LogP) is 2.64. The molecule has 1 aliphatic heterocycles. The highest BCUT2D eigenvalue weighted by atomic mass is 16.5. The fourth-order valence-corrected chi connectivity index (χ4v) is 7.57. The van der Waals surface area contributed by atoms with Crippen molar-refractivity contribution in [1.29, 1.82) is 0 Å². The number of aliphatic hydroxyl groups is 1. The van der Waals surface area contributed by atoms with E-state index in [4.69, 9.17) is 15.2 Å². The number of amides is 5. The molecule has 7 N–H and O–H groups in total. The van der Waals surface area contributed by atoms with Gasteiger partial charge in [0.05, 0.1) is 18.6 Å². The lowest BCUT2D eigenvalue weighted by molar-refractivity contribution is -0.159. The molecule has 0 bridgehead atoms. The maximum Gasteiger partial charge on any atom is 0.325 e. The second-order valence-corrected chi connectivity index (χ2v) is 16.2. The van der Waals surface area contributed by atoms with Crippen LogP contribution in [0.25, 0.3) is 0 Å². The highest BCUT2D eigenvalue weighted by Crippen LogP contribution is 2.28. The van der Waals surface area contributed by atoms with Crippen LogP contribution in [0.5, 0.6) is 5.75 Å². The first-order chi connectivity index (χ1) is 27.2. The fourth-order valence-electron chi connectivity index (χ4n) is 7.57. The van der Waals surface area contributed by atoms with Crippen molar-refractivity contribution in [1.82, 2.24) is 26.2 Å². The van der Waals surface area contributed by atoms with Gasteiger partial charge in [0.25, 0.3) is 0 Å². The molecule has 1 aliphatic carbocycles. The number of unbranched alkanes of at least 4 members (excludes halogenated alkanes) is 3. The second-order valence-electron chi connectivity index (χ2n) is 16.2. The number of nitrogens with zero attached hydrogens (tertiary/aromatic N) is 1. The van der Waals surface area contributed by atoms with Gasteiger partial charge < -0.3 is 46.5 Å². The molecule has 7 atom stereocenters. The molecule has 0 radical (unpaired) electrons. The van der Waals surface area contributed by atoms with E-state index in [0.717, 1.165) is 44.1 Å². The van der Waals surface area contributed by atoms with E-state index in [1.165, 1.54) is 11.8 Å². The minimum absolute atomic E-state index is 0.0265. The molecule has 1 aromatic rings. The van der Waals surface area contributed by atoms with Gasteiger partial charge in [0.2, 0.25) is 29.5 Å². The van der Waals surface area contributed by atoms with Crippen molar-refractivity contribution in [2.75, 3.05) is 26.7 Å². The van der Waals surface area contributed by atoms with Gasteiger partial charge in [-0.05, 0) is 76.3 Å². The Bertz CT molecular complexity index is 1470. The van der Waals surface area contributed by atoms with Crippen LogP contribution in [0.15, 0.2) is 24.3 Å². The van der Waals surface area contributed by atoms with Crippen molar-refractivity contribution in [3.8, 4) is 5.75 Å². The standard InChI is InChI=1S/C42H68N6O9/c1-7-8-9-13-16-34-31(21-22-56-30-19-17-27(4)18-20-30)42(55)48(6)33(23-26(2)3)39(52)47-37(29-14-11-10-12-15-29)41(54)45-32(24-43)38(51)46-36(28(5)49)40(53)44-25-35(50)57-34/h17-20,26,28-29,31-34,36-37,49H,7-16,21-25,43H2,1-6H3,(H,44,53)(H,45,54)(H,46,51)(H,47,52)/t28?,31-,32+,33+,34-,36+,37+/m1/s1. The third kappa shape index (κ3) is 14.9. The molecule has 0 aromatic heterocycles. The lowest BCUT2D eigenvalue weighted by Crippen LogP contribution is -2.62. The van der Waals surface area contributed by atoms with Gasteiger partial charge >= 0.3 is 5.97 Å². The number of cyclic esters (lactones) is 1. The summed E-state index contributed by atoms with van der Waals surface area (Å²) in [7, 11) is 1.56. The van der Waals surface area contributed by atoms with Crippen LogP contribution in [0.1, 0.15) is 110 Å². The van der Waals surface area contributed by atoms with Crippen molar-refractivity contribution in [2.24, 2.45) is 23.5 Å². The number of carbonyl (C=O) groups is 6. The van der Waals surface area contributed by atoms with Gasteiger partial charge in [-0.1, -0.05) is 77.0 Å². The molecule has 1 unspecified atom stereocenters. The third-order valence-corrected chi connectivity index (χ3v) is 11.0. The summed E-state index contributed by atoms with van der Waals surface area (Å²) < 4.78 is 12.1. The van der Waals surface area contributed by atoms with Gasteiger partial charge in [0.1, 0.15) is 42.6 Å². The van der Waals surface area contributed by atoms with Crippen molar-refractivity contribution >= 4 is 35.5 Å². The third-order valence-electron chi connectivity index (χ3n) is 11.0. The van der Waals surface area contributed by atoms with Crippen LogP contribution >= 0.6 is 0 Å². The maximum absolute atomic E-state index is 14.8. The Morgan fingerprint density at radius 3 is 2.18 bits per heavy atom. The first-order valence-corrected chi connectivity index (χ1v) is 20.9. The van der Waals surface area contributed by atoms with Gasteiger partial charge in [-0.2, -0.15) is 0 Å². The first-order valence-electron chi connectivity index (χ1n) is 20.9. The van der Waals surface area contributed by atoms with E-state index in [0.29, 0.717) is 31.4 Å². The number of hydrogen-bond donors (Lipinski definition) is 6. The molecule has 1 heterocycles. The minimum atomic E-state index is -1.50. The number of carbonyl (C=O) groups excluding carboxylic acids is 6. The lowest BCUT2D eigenvalue weighted by atomic mass is 9.83. The Kier molecular flexibility index (Phi) is 19.7. The van der Waals surface area contributed by atoms with Crippen LogP contribution in [0.2, 0.25) is 0 Å². The molecular weight excluding hydrogens is 732 g/mol. The highest BCUT2D eigenvalue weighted by Gasteiger charge is 2.41. The molecular formula is C42H68N6O9. The number of aliphatic hydroxyl groups excluding tert-OH is 1. The lowest BCUT2D eigenvalue weighted by Gasteiger charge is -2.36. The summed E-state index contributed by atoms with van der Waals surface area (Å²) in [6, 6.07) is 2.65. The van der Waals surface area contributed by atoms with E-state index >= 15 is 0 Å². The van der Waals surface area contributed by atoms with Crippen molar-refractivity contribution < 1.29 is 43.3 Å². The van der Waals surface area contributed by atoms with Crippen molar-refractivity contribution in [3.05, 3.63) is 29.8 Å². The minimum Gasteiger partial charge on any atom is -0.494 e. The maximum atomic E-state index is 14.8. The zero-order valence-corrected chi connectivity index (χ0v) is 34.8. The van der Waals surface area contributed by atoms with E-state index in [-0.39, 0.29) is 37.8 Å². The molecule has 15 heteroatoms. The Labute approximate surface area is 338 Å². The average molecular weight is 801 g/mol. The van der Waals surface area contributed by atoms with E-state index < -0.39 is 84.3 Å². The second kappa shape index (κ2) is 23.9. The number of esters is 1. The summed E-state index contributed by atoms with van der Waals surface area (Å²) in [5.41, 5.74) is 7.00. The Hall–Kier alpha value is -4.24. The molecule has 3 rings (SSSR count).